The molecule has 4 aromatic rings. The minimum Gasteiger partial charge on any atom is -0.374 e. The highest BCUT2D eigenvalue weighted by Gasteiger charge is 2.62. The number of pyridine rings is 1. The number of hydrogen-bond donors (Lipinski definition) is 2. The molecule has 226 valence electrons. The molecular weight excluding hydrogens is 607 g/mol. The topological polar surface area (TPSA) is 92.7 Å². The zero-order valence-corrected chi connectivity index (χ0v) is 23.8. The lowest BCUT2D eigenvalue weighted by Crippen LogP contribution is -2.42. The normalized spacial score (nSPS) is 16.2. The molecule has 5 rings (SSSR count). The summed E-state index contributed by atoms with van der Waals surface area (Å²) in [6, 6.07) is 13.9. The second kappa shape index (κ2) is 11.7. The van der Waals surface area contributed by atoms with Gasteiger partial charge >= 0.3 is 6.18 Å². The van der Waals surface area contributed by atoms with Crippen LogP contribution in [0.4, 0.5) is 33.3 Å². The van der Waals surface area contributed by atoms with Crippen LogP contribution in [0.3, 0.4) is 0 Å². The maximum Gasteiger partial charge on any atom is 0.435 e. The number of carbonyl (C=O) groups excluding carboxylic acids is 2. The molecule has 0 spiro atoms. The molecule has 7 nitrogen and oxygen atoms in total. The first kappa shape index (κ1) is 30.6. The van der Waals surface area contributed by atoms with Crippen LogP contribution >= 0.6 is 11.6 Å². The summed E-state index contributed by atoms with van der Waals surface area (Å²) < 4.78 is 72.3. The monoisotopic (exact) mass is 628 g/mol. The SMILES string of the molecule is Cc1cc(C2(C(F)(F)F)CC(c3ccc(F)cc3)=NO2)cc(C)c1NC(=O)c1cccc(NC(=O)c2cccnc2Cl)c1F. The largest absolute Gasteiger partial charge is 0.435 e. The van der Waals surface area contributed by atoms with E-state index < -0.39 is 47.2 Å². The van der Waals surface area contributed by atoms with Gasteiger partial charge in [-0.25, -0.2) is 13.8 Å². The fourth-order valence-corrected chi connectivity index (χ4v) is 5.03. The lowest BCUT2D eigenvalue weighted by atomic mass is 9.84. The van der Waals surface area contributed by atoms with Gasteiger partial charge in [0.15, 0.2) is 5.82 Å². The first-order valence-corrected chi connectivity index (χ1v) is 13.4. The van der Waals surface area contributed by atoms with Gasteiger partial charge in [0.2, 0.25) is 0 Å². The van der Waals surface area contributed by atoms with E-state index in [-0.39, 0.29) is 50.1 Å². The van der Waals surface area contributed by atoms with E-state index in [0.29, 0.717) is 0 Å². The highest BCUT2D eigenvalue weighted by atomic mass is 35.5. The Hall–Kier alpha value is -4.84. The van der Waals surface area contributed by atoms with Crippen molar-refractivity contribution in [2.75, 3.05) is 10.6 Å². The molecule has 1 aliphatic rings. The first-order chi connectivity index (χ1) is 20.8. The molecule has 0 radical (unpaired) electrons. The van der Waals surface area contributed by atoms with Crippen molar-refractivity contribution in [3.05, 3.63) is 123 Å². The van der Waals surface area contributed by atoms with Crippen LogP contribution in [0.1, 0.15) is 49.4 Å². The van der Waals surface area contributed by atoms with Gasteiger partial charge in [-0.2, -0.15) is 13.2 Å². The van der Waals surface area contributed by atoms with Crippen molar-refractivity contribution >= 4 is 40.5 Å². The fourth-order valence-electron chi connectivity index (χ4n) is 4.82. The second-order valence-corrected chi connectivity index (χ2v) is 10.4. The highest BCUT2D eigenvalue weighted by molar-refractivity contribution is 6.33. The molecule has 2 amide bonds. The van der Waals surface area contributed by atoms with E-state index in [1.807, 2.05) is 0 Å². The number of oxime groups is 1. The summed E-state index contributed by atoms with van der Waals surface area (Å²) in [5.41, 5.74) is -2.91. The number of amides is 2. The van der Waals surface area contributed by atoms with Gasteiger partial charge in [0.25, 0.3) is 17.4 Å². The number of carbonyl (C=O) groups is 2. The van der Waals surface area contributed by atoms with Gasteiger partial charge in [0.05, 0.1) is 22.5 Å². The Kier molecular flexibility index (Phi) is 8.13. The summed E-state index contributed by atoms with van der Waals surface area (Å²) >= 11 is 5.93. The third-order valence-electron chi connectivity index (χ3n) is 7.10. The third kappa shape index (κ3) is 5.72. The Balaban J connectivity index is 1.40. The predicted octanol–water partition coefficient (Wildman–Crippen LogP) is 7.72. The van der Waals surface area contributed by atoms with Crippen molar-refractivity contribution in [2.45, 2.75) is 32.0 Å². The standard InChI is InChI=1S/C31H22ClF5N4O3/c1-16-13-19(30(31(35,36)37)15-24(41-44-30)18-8-10-20(33)11-9-18)14-17(2)26(16)40-28(42)21-5-3-7-23(25(21)34)39-29(43)22-6-4-12-38-27(22)32/h3-14H,15H2,1-2H3,(H,39,43)(H,40,42). The molecule has 0 aliphatic carbocycles. The number of nitrogens with one attached hydrogen (secondary N) is 2. The molecule has 1 unspecified atom stereocenters. The zero-order valence-electron chi connectivity index (χ0n) is 23.0. The lowest BCUT2D eigenvalue weighted by Gasteiger charge is -2.30. The van der Waals surface area contributed by atoms with Crippen molar-refractivity contribution in [2.24, 2.45) is 5.16 Å². The van der Waals surface area contributed by atoms with E-state index in [2.05, 4.69) is 20.8 Å². The number of rotatable bonds is 6. The second-order valence-electron chi connectivity index (χ2n) is 10.0. The Morgan fingerprint density at radius 3 is 2.18 bits per heavy atom. The molecule has 44 heavy (non-hydrogen) atoms. The first-order valence-electron chi connectivity index (χ1n) is 13.0. The summed E-state index contributed by atoms with van der Waals surface area (Å²) in [6.07, 6.45) is -4.18. The maximum atomic E-state index is 15.4. The van der Waals surface area contributed by atoms with Gasteiger partial charge in [0, 0.05) is 23.9 Å². The molecule has 2 N–H and O–H groups in total. The summed E-state index contributed by atoms with van der Waals surface area (Å²) in [4.78, 5) is 34.6. The van der Waals surface area contributed by atoms with E-state index in [0.717, 1.165) is 12.1 Å². The molecule has 1 aromatic heterocycles. The average molecular weight is 629 g/mol. The van der Waals surface area contributed by atoms with Gasteiger partial charge < -0.3 is 15.5 Å². The zero-order chi connectivity index (χ0) is 31.8. The van der Waals surface area contributed by atoms with Crippen LogP contribution in [0.25, 0.3) is 0 Å². The molecule has 0 saturated heterocycles. The van der Waals surface area contributed by atoms with Gasteiger partial charge in [-0.1, -0.05) is 35.0 Å². The highest BCUT2D eigenvalue weighted by Crippen LogP contribution is 2.49. The van der Waals surface area contributed by atoms with Crippen molar-refractivity contribution in [1.29, 1.82) is 0 Å². The van der Waals surface area contributed by atoms with Crippen LogP contribution in [0.5, 0.6) is 0 Å². The van der Waals surface area contributed by atoms with Crippen LogP contribution in [-0.2, 0) is 10.4 Å². The average Bonchev–Trinajstić information content (AvgIpc) is 3.44. The van der Waals surface area contributed by atoms with E-state index in [1.165, 1.54) is 74.6 Å². The molecule has 1 aliphatic heterocycles. The predicted molar refractivity (Wildman–Crippen MR) is 154 cm³/mol. The molecular formula is C31H22ClF5N4O3. The summed E-state index contributed by atoms with van der Waals surface area (Å²) in [7, 11) is 0. The fraction of sp³-hybridized carbons (Fsp3) is 0.161. The summed E-state index contributed by atoms with van der Waals surface area (Å²) in [5, 5.41) is 8.50. The lowest BCUT2D eigenvalue weighted by molar-refractivity contribution is -0.275. The van der Waals surface area contributed by atoms with Crippen molar-refractivity contribution in [3.63, 3.8) is 0 Å². The molecule has 3 aromatic carbocycles. The minimum atomic E-state index is -4.89. The van der Waals surface area contributed by atoms with Gasteiger partial charge in [0.1, 0.15) is 11.0 Å². The Labute approximate surface area is 252 Å². The van der Waals surface area contributed by atoms with Crippen molar-refractivity contribution in [3.8, 4) is 0 Å². The van der Waals surface area contributed by atoms with Gasteiger partial charge in [-0.15, -0.1) is 0 Å². The molecule has 0 bridgehead atoms. The molecule has 0 saturated carbocycles. The van der Waals surface area contributed by atoms with Crippen LogP contribution in [-0.4, -0.2) is 28.7 Å². The van der Waals surface area contributed by atoms with Gasteiger partial charge in [-0.3, -0.25) is 9.59 Å². The maximum absolute atomic E-state index is 15.4. The Morgan fingerprint density at radius 2 is 1.55 bits per heavy atom. The smallest absolute Gasteiger partial charge is 0.374 e. The molecule has 0 fully saturated rings. The van der Waals surface area contributed by atoms with Crippen LogP contribution in [0.15, 0.2) is 78.1 Å². The number of aryl methyl sites for hydroxylation is 2. The number of halogens is 6. The van der Waals surface area contributed by atoms with Crippen molar-refractivity contribution in [1.82, 2.24) is 4.98 Å². The molecule has 2 heterocycles. The minimum absolute atomic E-state index is 0.00665. The number of benzene rings is 3. The van der Waals surface area contributed by atoms with Crippen molar-refractivity contribution < 1.29 is 36.4 Å². The van der Waals surface area contributed by atoms with Crippen LogP contribution in [0.2, 0.25) is 5.15 Å². The molecule has 1 atom stereocenters. The summed E-state index contributed by atoms with van der Waals surface area (Å²) in [5.74, 6) is -3.24. The van der Waals surface area contributed by atoms with Gasteiger partial charge in [-0.05, 0) is 79.1 Å². The quantitative estimate of drug-likeness (QED) is 0.169. The van der Waals surface area contributed by atoms with E-state index in [4.69, 9.17) is 16.4 Å². The Bertz CT molecular complexity index is 1790. The Morgan fingerprint density at radius 1 is 0.909 bits per heavy atom. The van der Waals surface area contributed by atoms with Crippen LogP contribution < -0.4 is 10.6 Å². The number of nitrogens with zero attached hydrogens (tertiary/aromatic N) is 2. The van der Waals surface area contributed by atoms with E-state index in [1.54, 1.807) is 0 Å². The summed E-state index contributed by atoms with van der Waals surface area (Å²) in [6.45, 7) is 2.97. The number of alkyl halides is 3. The number of aromatic nitrogens is 1. The van der Waals surface area contributed by atoms with E-state index >= 15 is 4.39 Å². The third-order valence-corrected chi connectivity index (χ3v) is 7.40. The van der Waals surface area contributed by atoms with E-state index in [9.17, 15) is 27.2 Å². The number of anilines is 2. The van der Waals surface area contributed by atoms with Crippen LogP contribution in [0, 0.1) is 25.5 Å². The molecule has 13 heteroatoms. The number of hydrogen-bond acceptors (Lipinski definition) is 5.